The van der Waals surface area contributed by atoms with Gasteiger partial charge in [-0.15, -0.1) is 0 Å². The predicted octanol–water partition coefficient (Wildman–Crippen LogP) is 3.24. The van der Waals surface area contributed by atoms with Gasteiger partial charge in [0.05, 0.1) is 0 Å². The normalized spacial score (nSPS) is 22.9. The van der Waals surface area contributed by atoms with Crippen LogP contribution in [-0.4, -0.2) is 40.4 Å². The van der Waals surface area contributed by atoms with Crippen molar-refractivity contribution < 1.29 is 4.79 Å². The number of aryl methyl sites for hydroxylation is 1. The van der Waals surface area contributed by atoms with Crippen LogP contribution in [0.2, 0.25) is 0 Å². The summed E-state index contributed by atoms with van der Waals surface area (Å²) in [6.07, 6.45) is 4.89. The van der Waals surface area contributed by atoms with Gasteiger partial charge in [0.15, 0.2) is 0 Å². The molecule has 2 fully saturated rings. The highest BCUT2D eigenvalue weighted by Gasteiger charge is 2.45. The minimum Gasteiger partial charge on any atom is -0.354 e. The van der Waals surface area contributed by atoms with Crippen LogP contribution in [-0.2, 0) is 4.79 Å². The van der Waals surface area contributed by atoms with E-state index in [1.807, 2.05) is 19.1 Å². The van der Waals surface area contributed by atoms with Crippen LogP contribution < -0.4 is 5.32 Å². The lowest BCUT2D eigenvalue weighted by Crippen LogP contribution is -2.40. The number of hydrogen-bond acceptors (Lipinski definition) is 4. The highest BCUT2D eigenvalue weighted by Crippen LogP contribution is 2.48. The average Bonchev–Trinajstić information content (AvgIpc) is 3.48. The fourth-order valence-electron chi connectivity index (χ4n) is 3.90. The molecule has 1 saturated carbocycles. The zero-order valence-electron chi connectivity index (χ0n) is 15.3. The second-order valence-corrected chi connectivity index (χ2v) is 7.53. The highest BCUT2D eigenvalue weighted by molar-refractivity contribution is 5.83. The third-order valence-electron chi connectivity index (χ3n) is 5.61. The molecule has 1 aromatic carbocycles. The van der Waals surface area contributed by atoms with Crippen molar-refractivity contribution in [3.63, 3.8) is 0 Å². The summed E-state index contributed by atoms with van der Waals surface area (Å²) in [7, 11) is 0. The first-order valence-corrected chi connectivity index (χ1v) is 9.58. The lowest BCUT2D eigenvalue weighted by Gasteiger charge is -2.32. The van der Waals surface area contributed by atoms with Crippen LogP contribution in [0.5, 0.6) is 0 Å². The number of carbonyl (C=O) groups is 1. The maximum Gasteiger partial charge on any atom is 0.226 e. The van der Waals surface area contributed by atoms with E-state index in [2.05, 4.69) is 44.5 Å². The molecule has 0 radical (unpaired) electrons. The van der Waals surface area contributed by atoms with E-state index in [1.165, 1.54) is 5.56 Å². The van der Waals surface area contributed by atoms with Gasteiger partial charge in [-0.3, -0.25) is 4.79 Å². The van der Waals surface area contributed by atoms with Gasteiger partial charge in [-0.1, -0.05) is 30.3 Å². The molecule has 5 heteroatoms. The van der Waals surface area contributed by atoms with Crippen molar-refractivity contribution in [2.24, 2.45) is 11.8 Å². The van der Waals surface area contributed by atoms with Gasteiger partial charge in [-0.05, 0) is 49.7 Å². The van der Waals surface area contributed by atoms with Crippen molar-refractivity contribution in [1.82, 2.24) is 14.9 Å². The third kappa shape index (κ3) is 3.87. The van der Waals surface area contributed by atoms with Crippen LogP contribution in [0.3, 0.4) is 0 Å². The van der Waals surface area contributed by atoms with E-state index >= 15 is 0 Å². The van der Waals surface area contributed by atoms with E-state index in [0.29, 0.717) is 23.7 Å². The molecule has 5 nitrogen and oxygen atoms in total. The average molecular weight is 350 g/mol. The van der Waals surface area contributed by atoms with Gasteiger partial charge in [0.1, 0.15) is 0 Å². The third-order valence-corrected chi connectivity index (χ3v) is 5.61. The summed E-state index contributed by atoms with van der Waals surface area (Å²) in [6, 6.07) is 12.3. The quantitative estimate of drug-likeness (QED) is 0.899. The lowest BCUT2D eigenvalue weighted by atomic mass is 9.96. The lowest BCUT2D eigenvalue weighted by molar-refractivity contribution is -0.134. The van der Waals surface area contributed by atoms with E-state index in [0.717, 1.165) is 44.6 Å². The minimum absolute atomic E-state index is 0.202. The molecule has 0 bridgehead atoms. The molecule has 26 heavy (non-hydrogen) atoms. The van der Waals surface area contributed by atoms with E-state index in [-0.39, 0.29) is 5.92 Å². The Morgan fingerprint density at radius 3 is 2.69 bits per heavy atom. The number of hydrogen-bond donors (Lipinski definition) is 1. The van der Waals surface area contributed by atoms with Crippen molar-refractivity contribution >= 4 is 11.9 Å². The molecule has 2 atom stereocenters. The molecular formula is C21H26N4O. The fraction of sp³-hybridized carbons (Fsp3) is 0.476. The van der Waals surface area contributed by atoms with Gasteiger partial charge in [0.2, 0.25) is 11.9 Å². The van der Waals surface area contributed by atoms with Crippen LogP contribution in [0, 0.1) is 18.8 Å². The zero-order chi connectivity index (χ0) is 17.9. The Bertz CT molecular complexity index is 756. The van der Waals surface area contributed by atoms with E-state index in [9.17, 15) is 4.79 Å². The molecule has 2 aliphatic rings. The van der Waals surface area contributed by atoms with Gasteiger partial charge in [0.25, 0.3) is 0 Å². The van der Waals surface area contributed by atoms with Crippen LogP contribution >= 0.6 is 0 Å². The van der Waals surface area contributed by atoms with Gasteiger partial charge in [-0.2, -0.15) is 0 Å². The largest absolute Gasteiger partial charge is 0.354 e. The second-order valence-electron chi connectivity index (χ2n) is 7.53. The first-order chi connectivity index (χ1) is 12.7. The molecule has 1 aliphatic carbocycles. The number of anilines is 1. The van der Waals surface area contributed by atoms with Crippen LogP contribution in [0.25, 0.3) is 0 Å². The van der Waals surface area contributed by atoms with Crippen molar-refractivity contribution in [2.75, 3.05) is 25.0 Å². The maximum atomic E-state index is 12.8. The second kappa shape index (κ2) is 7.44. The molecule has 0 spiro atoms. The van der Waals surface area contributed by atoms with Crippen molar-refractivity contribution in [2.45, 2.75) is 32.1 Å². The molecule has 4 rings (SSSR count). The maximum absolute atomic E-state index is 12.8. The number of piperidine rings is 1. The summed E-state index contributed by atoms with van der Waals surface area (Å²) < 4.78 is 0. The first-order valence-electron chi connectivity index (χ1n) is 9.58. The fourth-order valence-corrected chi connectivity index (χ4v) is 3.90. The molecular weight excluding hydrogens is 324 g/mol. The monoisotopic (exact) mass is 350 g/mol. The number of nitrogens with zero attached hydrogens (tertiary/aromatic N) is 3. The van der Waals surface area contributed by atoms with Crippen molar-refractivity contribution in [1.29, 1.82) is 0 Å². The Balaban J connectivity index is 1.23. The van der Waals surface area contributed by atoms with Crippen LogP contribution in [0.15, 0.2) is 42.6 Å². The van der Waals surface area contributed by atoms with Gasteiger partial charge in [0, 0.05) is 37.4 Å². The van der Waals surface area contributed by atoms with Gasteiger partial charge < -0.3 is 10.2 Å². The van der Waals surface area contributed by atoms with Gasteiger partial charge >= 0.3 is 0 Å². The number of carbonyl (C=O) groups excluding carboxylic acids is 1. The van der Waals surface area contributed by atoms with Crippen molar-refractivity contribution in [3.05, 3.63) is 53.9 Å². The molecule has 1 amide bonds. The molecule has 2 aromatic rings. The summed E-state index contributed by atoms with van der Waals surface area (Å²) in [5.41, 5.74) is 2.28. The predicted molar refractivity (Wildman–Crippen MR) is 102 cm³/mol. The van der Waals surface area contributed by atoms with Crippen LogP contribution in [0.4, 0.5) is 5.95 Å². The Labute approximate surface area is 154 Å². The van der Waals surface area contributed by atoms with E-state index < -0.39 is 0 Å². The first kappa shape index (κ1) is 17.0. The number of likely N-dealkylation sites (tertiary alicyclic amines) is 1. The SMILES string of the molecule is Cc1ccnc(NCC2CCN(C(=O)[C@@H]3C[C@H]3c3ccccc3)CC2)n1. The van der Waals surface area contributed by atoms with Crippen LogP contribution in [0.1, 0.15) is 36.4 Å². The Hall–Kier alpha value is -2.43. The zero-order valence-corrected chi connectivity index (χ0v) is 15.3. The minimum atomic E-state index is 0.202. The molecule has 1 saturated heterocycles. The number of amides is 1. The summed E-state index contributed by atoms with van der Waals surface area (Å²) in [6.45, 7) is 4.59. The van der Waals surface area contributed by atoms with E-state index in [1.54, 1.807) is 6.20 Å². The Kier molecular flexibility index (Phi) is 4.87. The Morgan fingerprint density at radius 1 is 1.19 bits per heavy atom. The highest BCUT2D eigenvalue weighted by atomic mass is 16.2. The van der Waals surface area contributed by atoms with Crippen molar-refractivity contribution in [3.8, 4) is 0 Å². The molecule has 136 valence electrons. The topological polar surface area (TPSA) is 58.1 Å². The number of nitrogens with one attached hydrogen (secondary N) is 1. The number of rotatable bonds is 5. The summed E-state index contributed by atoms with van der Waals surface area (Å²) >= 11 is 0. The van der Waals surface area contributed by atoms with E-state index in [4.69, 9.17) is 0 Å². The molecule has 1 aromatic heterocycles. The number of benzene rings is 1. The molecule has 2 heterocycles. The molecule has 0 unspecified atom stereocenters. The molecule has 1 aliphatic heterocycles. The van der Waals surface area contributed by atoms with Gasteiger partial charge in [-0.25, -0.2) is 9.97 Å². The Morgan fingerprint density at radius 2 is 1.96 bits per heavy atom. The summed E-state index contributed by atoms with van der Waals surface area (Å²) in [4.78, 5) is 23.5. The number of aromatic nitrogens is 2. The summed E-state index contributed by atoms with van der Waals surface area (Å²) in [5.74, 6) is 2.26. The smallest absolute Gasteiger partial charge is 0.226 e. The standard InChI is InChI=1S/C21H26N4O/c1-15-7-10-22-21(24-15)23-14-16-8-11-25(12-9-16)20(26)19-13-18(19)17-5-3-2-4-6-17/h2-7,10,16,18-19H,8-9,11-14H2,1H3,(H,22,23,24)/t18-,19+/m0/s1. The molecule has 1 N–H and O–H groups in total. The summed E-state index contributed by atoms with van der Waals surface area (Å²) in [5, 5.41) is 3.34.